The molecule has 130 valence electrons. The molecule has 2 heterocycles. The fraction of sp³-hybridized carbons (Fsp3) is 0.294. The van der Waals surface area contributed by atoms with Crippen molar-refractivity contribution in [3.05, 3.63) is 47.3 Å². The van der Waals surface area contributed by atoms with E-state index >= 15 is 0 Å². The molecule has 8 heteroatoms. The van der Waals surface area contributed by atoms with Gasteiger partial charge in [0.05, 0.1) is 16.2 Å². The van der Waals surface area contributed by atoms with Gasteiger partial charge in [-0.05, 0) is 19.1 Å². The van der Waals surface area contributed by atoms with Gasteiger partial charge in [-0.25, -0.2) is 0 Å². The summed E-state index contributed by atoms with van der Waals surface area (Å²) in [5, 5.41) is 9.24. The van der Waals surface area contributed by atoms with Gasteiger partial charge in [0.2, 0.25) is 11.7 Å². The normalized spacial score (nSPS) is 12.4. The third kappa shape index (κ3) is 2.93. The van der Waals surface area contributed by atoms with E-state index in [2.05, 4.69) is 16.8 Å². The molecule has 1 atom stereocenters. The van der Waals surface area contributed by atoms with E-state index in [1.54, 1.807) is 31.1 Å². The fourth-order valence-electron chi connectivity index (χ4n) is 2.68. The minimum atomic E-state index is -0.319. The van der Waals surface area contributed by atoms with Gasteiger partial charge in [0.25, 0.3) is 5.56 Å². The van der Waals surface area contributed by atoms with Crippen LogP contribution in [0.5, 0.6) is 0 Å². The van der Waals surface area contributed by atoms with Crippen LogP contribution in [-0.2, 0) is 11.3 Å². The van der Waals surface area contributed by atoms with Crippen molar-refractivity contribution in [3.8, 4) is 0 Å². The van der Waals surface area contributed by atoms with Gasteiger partial charge in [-0.1, -0.05) is 30.0 Å². The van der Waals surface area contributed by atoms with E-state index in [-0.39, 0.29) is 16.7 Å². The van der Waals surface area contributed by atoms with Crippen molar-refractivity contribution < 1.29 is 4.79 Å². The van der Waals surface area contributed by atoms with Crippen molar-refractivity contribution in [1.29, 1.82) is 0 Å². The third-order valence-corrected chi connectivity index (χ3v) is 4.89. The SMILES string of the molecule is C=CCn1c(=O)c2ccccc2n2c(SC(C)C(=O)N(C)C)nnc12. The van der Waals surface area contributed by atoms with Gasteiger partial charge in [0.15, 0.2) is 5.16 Å². The first-order chi connectivity index (χ1) is 12.0. The molecule has 0 aliphatic rings. The van der Waals surface area contributed by atoms with E-state index in [4.69, 9.17) is 0 Å². The van der Waals surface area contributed by atoms with Crippen LogP contribution < -0.4 is 5.56 Å². The highest BCUT2D eigenvalue weighted by Gasteiger charge is 2.22. The standard InChI is InChI=1S/C17H19N5O2S/c1-5-10-21-15(24)12-8-6-7-9-13(12)22-16(21)18-19-17(22)25-11(2)14(23)20(3)4/h5-9,11H,1,10H2,2-4H3. The summed E-state index contributed by atoms with van der Waals surface area (Å²) >= 11 is 1.32. The minimum Gasteiger partial charge on any atom is -0.348 e. The van der Waals surface area contributed by atoms with E-state index < -0.39 is 0 Å². The van der Waals surface area contributed by atoms with E-state index in [0.717, 1.165) is 5.52 Å². The Kier molecular flexibility index (Phi) is 4.63. The van der Waals surface area contributed by atoms with Gasteiger partial charge >= 0.3 is 0 Å². The van der Waals surface area contributed by atoms with Crippen LogP contribution >= 0.6 is 11.8 Å². The predicted octanol–water partition coefficient (Wildman–Crippen LogP) is 1.80. The molecule has 2 aromatic heterocycles. The number of amides is 1. The highest BCUT2D eigenvalue weighted by atomic mass is 32.2. The molecule has 3 aromatic rings. The Morgan fingerprint density at radius 3 is 2.76 bits per heavy atom. The van der Waals surface area contributed by atoms with Crippen LogP contribution in [0.2, 0.25) is 0 Å². The van der Waals surface area contributed by atoms with Gasteiger partial charge < -0.3 is 4.90 Å². The van der Waals surface area contributed by atoms with Gasteiger partial charge in [-0.15, -0.1) is 16.8 Å². The Hall–Kier alpha value is -2.61. The molecule has 1 aromatic carbocycles. The van der Waals surface area contributed by atoms with Crippen LogP contribution in [0.3, 0.4) is 0 Å². The van der Waals surface area contributed by atoms with Crippen LogP contribution in [0.4, 0.5) is 0 Å². The molecule has 0 saturated carbocycles. The van der Waals surface area contributed by atoms with Crippen molar-refractivity contribution in [2.45, 2.75) is 23.9 Å². The number of nitrogens with zero attached hydrogens (tertiary/aromatic N) is 5. The molecule has 25 heavy (non-hydrogen) atoms. The topological polar surface area (TPSA) is 72.5 Å². The Balaban J connectivity index is 2.24. The van der Waals surface area contributed by atoms with Crippen molar-refractivity contribution >= 4 is 34.3 Å². The largest absolute Gasteiger partial charge is 0.348 e. The first-order valence-electron chi connectivity index (χ1n) is 7.81. The highest BCUT2D eigenvalue weighted by molar-refractivity contribution is 8.00. The van der Waals surface area contributed by atoms with Crippen molar-refractivity contribution in [1.82, 2.24) is 24.1 Å². The Morgan fingerprint density at radius 2 is 2.08 bits per heavy atom. The number of allylic oxidation sites excluding steroid dienone is 1. The number of carbonyl (C=O) groups excluding carboxylic acids is 1. The number of fused-ring (bicyclic) bond motifs is 3. The van der Waals surface area contributed by atoms with E-state index in [0.29, 0.717) is 22.9 Å². The molecule has 0 bridgehead atoms. The smallest absolute Gasteiger partial charge is 0.263 e. The van der Waals surface area contributed by atoms with Crippen LogP contribution in [0, 0.1) is 0 Å². The van der Waals surface area contributed by atoms with Gasteiger partial charge in [-0.3, -0.25) is 18.6 Å². The number of aromatic nitrogens is 4. The first-order valence-corrected chi connectivity index (χ1v) is 8.69. The summed E-state index contributed by atoms with van der Waals surface area (Å²) in [4.78, 5) is 26.4. The zero-order chi connectivity index (χ0) is 18.1. The summed E-state index contributed by atoms with van der Waals surface area (Å²) in [6.45, 7) is 5.87. The van der Waals surface area contributed by atoms with Gasteiger partial charge in [0.1, 0.15) is 0 Å². The molecule has 0 saturated heterocycles. The van der Waals surface area contributed by atoms with Crippen LogP contribution in [0.1, 0.15) is 6.92 Å². The summed E-state index contributed by atoms with van der Waals surface area (Å²) in [6.07, 6.45) is 1.65. The van der Waals surface area contributed by atoms with E-state index in [9.17, 15) is 9.59 Å². The lowest BCUT2D eigenvalue weighted by molar-refractivity contribution is -0.127. The first kappa shape index (κ1) is 17.2. The monoisotopic (exact) mass is 357 g/mol. The molecule has 1 unspecified atom stereocenters. The second-order valence-corrected chi connectivity index (χ2v) is 7.14. The Morgan fingerprint density at radius 1 is 1.36 bits per heavy atom. The Bertz CT molecular complexity index is 1020. The number of hydrogen-bond acceptors (Lipinski definition) is 5. The predicted molar refractivity (Wildman–Crippen MR) is 99.0 cm³/mol. The molecule has 0 spiro atoms. The summed E-state index contributed by atoms with van der Waals surface area (Å²) in [5.74, 6) is 0.432. The van der Waals surface area contributed by atoms with Gasteiger partial charge in [0, 0.05) is 20.6 Å². The molecule has 3 rings (SSSR count). The van der Waals surface area contributed by atoms with E-state index in [1.807, 2.05) is 29.5 Å². The summed E-state index contributed by atoms with van der Waals surface area (Å²) in [5.41, 5.74) is 0.587. The molecule has 0 aliphatic carbocycles. The average molecular weight is 357 g/mol. The summed E-state index contributed by atoms with van der Waals surface area (Å²) in [6, 6.07) is 7.32. The Labute approximate surface area is 149 Å². The number of thioether (sulfide) groups is 1. The fourth-order valence-corrected chi connectivity index (χ4v) is 3.68. The molecule has 0 N–H and O–H groups in total. The number of hydrogen-bond donors (Lipinski definition) is 0. The number of para-hydroxylation sites is 1. The highest BCUT2D eigenvalue weighted by Crippen LogP contribution is 2.25. The lowest BCUT2D eigenvalue weighted by Gasteiger charge is -2.16. The minimum absolute atomic E-state index is 0.00883. The number of rotatable bonds is 5. The second-order valence-electron chi connectivity index (χ2n) is 5.83. The zero-order valence-electron chi connectivity index (χ0n) is 14.3. The lowest BCUT2D eigenvalue weighted by atomic mass is 10.2. The molecular weight excluding hydrogens is 338 g/mol. The summed E-state index contributed by atoms with van der Waals surface area (Å²) in [7, 11) is 3.44. The second kappa shape index (κ2) is 6.72. The zero-order valence-corrected chi connectivity index (χ0v) is 15.2. The van der Waals surface area contributed by atoms with Gasteiger partial charge in [-0.2, -0.15) is 0 Å². The lowest BCUT2D eigenvalue weighted by Crippen LogP contribution is -2.29. The molecule has 1 amide bonds. The van der Waals surface area contributed by atoms with Crippen LogP contribution in [-0.4, -0.2) is 49.3 Å². The third-order valence-electron chi connectivity index (χ3n) is 3.86. The molecule has 0 fully saturated rings. The molecule has 0 radical (unpaired) electrons. The van der Waals surface area contributed by atoms with Crippen LogP contribution in [0.15, 0.2) is 46.9 Å². The summed E-state index contributed by atoms with van der Waals surface area (Å²) < 4.78 is 3.36. The molecular formula is C17H19N5O2S. The maximum Gasteiger partial charge on any atom is 0.263 e. The quantitative estimate of drug-likeness (QED) is 0.514. The van der Waals surface area contributed by atoms with Crippen molar-refractivity contribution in [2.75, 3.05) is 14.1 Å². The maximum absolute atomic E-state index is 12.7. The number of carbonyl (C=O) groups is 1. The molecule has 0 aliphatic heterocycles. The van der Waals surface area contributed by atoms with E-state index in [1.165, 1.54) is 16.3 Å². The van der Waals surface area contributed by atoms with Crippen molar-refractivity contribution in [3.63, 3.8) is 0 Å². The average Bonchev–Trinajstić information content (AvgIpc) is 3.01. The molecule has 7 nitrogen and oxygen atoms in total. The van der Waals surface area contributed by atoms with Crippen molar-refractivity contribution in [2.24, 2.45) is 0 Å². The maximum atomic E-state index is 12.7. The number of benzene rings is 1. The van der Waals surface area contributed by atoms with Crippen LogP contribution in [0.25, 0.3) is 16.7 Å².